The van der Waals surface area contributed by atoms with Crippen molar-refractivity contribution in [3.8, 4) is 0 Å². The van der Waals surface area contributed by atoms with Crippen LogP contribution in [0, 0.1) is 20.9 Å². The van der Waals surface area contributed by atoms with Crippen molar-refractivity contribution >= 4 is 0 Å². The molecule has 0 fully saturated rings. The van der Waals surface area contributed by atoms with Crippen LogP contribution >= 0.6 is 0 Å². The molecule has 1 radical (unpaired) electrons. The van der Waals surface area contributed by atoms with Gasteiger partial charge in [0.05, 0.1) is 5.69 Å². The summed E-state index contributed by atoms with van der Waals surface area (Å²) in [7, 11) is 3.56. The molecule has 0 aliphatic carbocycles. The highest BCUT2D eigenvalue weighted by molar-refractivity contribution is 5.23. The Morgan fingerprint density at radius 3 is 2.73 bits per heavy atom. The van der Waals surface area contributed by atoms with Crippen molar-refractivity contribution in [3.63, 3.8) is 0 Å². The fourth-order valence-electron chi connectivity index (χ4n) is 1.16. The molecule has 3 nitrogen and oxygen atoms in total. The van der Waals surface area contributed by atoms with Crippen LogP contribution < -0.4 is 5.32 Å². The summed E-state index contributed by atoms with van der Waals surface area (Å²) in [6, 6.07) is 0. The van der Waals surface area contributed by atoms with E-state index >= 15 is 0 Å². The van der Waals surface area contributed by atoms with Crippen LogP contribution in [0.15, 0.2) is 0 Å². The van der Waals surface area contributed by atoms with E-state index < -0.39 is 0 Å². The molecule has 0 unspecified atom stereocenters. The third-order valence-corrected chi connectivity index (χ3v) is 1.83. The van der Waals surface area contributed by atoms with E-state index in [1.54, 1.807) is 0 Å². The van der Waals surface area contributed by atoms with Crippen molar-refractivity contribution in [2.24, 2.45) is 0 Å². The van der Waals surface area contributed by atoms with E-state index in [0.717, 1.165) is 24.4 Å². The lowest BCUT2D eigenvalue weighted by Crippen LogP contribution is -2.08. The van der Waals surface area contributed by atoms with Crippen LogP contribution in [0.2, 0.25) is 0 Å². The Morgan fingerprint density at radius 2 is 2.27 bits per heavy atom. The van der Waals surface area contributed by atoms with Crippen LogP contribution in [0.25, 0.3) is 0 Å². The summed E-state index contributed by atoms with van der Waals surface area (Å²) in [4.78, 5) is 0. The number of hydrogen-bond acceptors (Lipinski definition) is 2. The van der Waals surface area contributed by atoms with E-state index in [9.17, 15) is 0 Å². The molecule has 0 amide bonds. The van der Waals surface area contributed by atoms with Crippen LogP contribution in [0.4, 0.5) is 0 Å². The van der Waals surface area contributed by atoms with Crippen molar-refractivity contribution in [1.29, 1.82) is 0 Å². The number of aromatic amines is 1. The molecule has 0 aliphatic heterocycles. The van der Waals surface area contributed by atoms with E-state index in [-0.39, 0.29) is 0 Å². The Bertz CT molecular complexity index is 208. The predicted molar refractivity (Wildman–Crippen MR) is 45.1 cm³/mol. The molecular weight excluding hydrogens is 138 g/mol. The maximum absolute atomic E-state index is 4.10. The second kappa shape index (κ2) is 3.53. The second-order valence-electron chi connectivity index (χ2n) is 2.66. The van der Waals surface area contributed by atoms with E-state index in [4.69, 9.17) is 0 Å². The summed E-state index contributed by atoms with van der Waals surface area (Å²) >= 11 is 0. The zero-order valence-corrected chi connectivity index (χ0v) is 7.07. The molecule has 0 saturated carbocycles. The number of hydrogen-bond donors (Lipinski definition) is 2. The highest BCUT2D eigenvalue weighted by atomic mass is 15.1. The molecule has 3 heteroatoms. The van der Waals surface area contributed by atoms with E-state index in [1.165, 1.54) is 5.56 Å². The third-order valence-electron chi connectivity index (χ3n) is 1.83. The standard InChI is InChI=1S/C8H14N3/c1-6-8(4-5-9-3)7(2)11-10-6/h9H,3-5H2,1-2H3,(H,10,11). The van der Waals surface area contributed by atoms with Gasteiger partial charge in [-0.15, -0.1) is 0 Å². The van der Waals surface area contributed by atoms with Crippen LogP contribution in [0.3, 0.4) is 0 Å². The number of aromatic nitrogens is 2. The highest BCUT2D eigenvalue weighted by Gasteiger charge is 2.03. The first-order chi connectivity index (χ1) is 5.25. The third kappa shape index (κ3) is 1.80. The summed E-state index contributed by atoms with van der Waals surface area (Å²) in [5.41, 5.74) is 3.57. The van der Waals surface area contributed by atoms with Crippen molar-refractivity contribution in [2.45, 2.75) is 20.3 Å². The summed E-state index contributed by atoms with van der Waals surface area (Å²) in [5, 5.41) is 9.91. The molecule has 0 saturated heterocycles. The molecule has 1 aromatic heterocycles. The SMILES string of the molecule is [CH2]NCCc1c(C)n[nH]c1C. The van der Waals surface area contributed by atoms with Gasteiger partial charge in [-0.25, -0.2) is 0 Å². The molecular formula is C8H14N3. The molecule has 0 bridgehead atoms. The molecule has 1 heterocycles. The molecule has 1 rings (SSSR count). The Kier molecular flexibility index (Phi) is 2.65. The first-order valence-electron chi connectivity index (χ1n) is 3.76. The molecule has 0 spiro atoms. The quantitative estimate of drug-likeness (QED) is 0.677. The average molecular weight is 152 g/mol. The van der Waals surface area contributed by atoms with E-state index in [0.29, 0.717) is 0 Å². The number of H-pyrrole nitrogens is 1. The van der Waals surface area contributed by atoms with Gasteiger partial charge in [-0.05, 0) is 32.4 Å². The first-order valence-corrected chi connectivity index (χ1v) is 3.76. The van der Waals surface area contributed by atoms with Gasteiger partial charge in [0.1, 0.15) is 0 Å². The lowest BCUT2D eigenvalue weighted by molar-refractivity contribution is 0.821. The zero-order valence-electron chi connectivity index (χ0n) is 7.07. The summed E-state index contributed by atoms with van der Waals surface area (Å²) < 4.78 is 0. The Morgan fingerprint density at radius 1 is 1.55 bits per heavy atom. The van der Waals surface area contributed by atoms with Crippen LogP contribution in [0.1, 0.15) is 17.0 Å². The van der Waals surface area contributed by atoms with Crippen molar-refractivity contribution in [3.05, 3.63) is 24.0 Å². The van der Waals surface area contributed by atoms with Gasteiger partial charge in [-0.1, -0.05) is 0 Å². The van der Waals surface area contributed by atoms with Gasteiger partial charge in [0.2, 0.25) is 0 Å². The molecule has 2 N–H and O–H groups in total. The molecule has 0 atom stereocenters. The summed E-state index contributed by atoms with van der Waals surface area (Å²) in [5.74, 6) is 0. The normalized spacial score (nSPS) is 10.5. The van der Waals surface area contributed by atoms with Crippen molar-refractivity contribution < 1.29 is 0 Å². The minimum absolute atomic E-state index is 0.904. The fourth-order valence-corrected chi connectivity index (χ4v) is 1.16. The highest BCUT2D eigenvalue weighted by Crippen LogP contribution is 2.08. The first kappa shape index (κ1) is 8.27. The number of nitrogens with zero attached hydrogens (tertiary/aromatic N) is 1. The Labute approximate surface area is 67.2 Å². The monoisotopic (exact) mass is 152 g/mol. The molecule has 1 aromatic rings. The summed E-state index contributed by atoms with van der Waals surface area (Å²) in [6.45, 7) is 4.96. The van der Waals surface area contributed by atoms with Crippen LogP contribution in [0.5, 0.6) is 0 Å². The summed E-state index contributed by atoms with van der Waals surface area (Å²) in [6.07, 6.45) is 0.998. The Balaban J connectivity index is 2.67. The molecule has 11 heavy (non-hydrogen) atoms. The van der Waals surface area contributed by atoms with Gasteiger partial charge < -0.3 is 5.32 Å². The molecule has 0 aliphatic rings. The number of aryl methyl sites for hydroxylation is 2. The van der Waals surface area contributed by atoms with E-state index in [1.807, 2.05) is 13.8 Å². The lowest BCUT2D eigenvalue weighted by Gasteiger charge is -1.98. The van der Waals surface area contributed by atoms with Gasteiger partial charge in [0, 0.05) is 12.7 Å². The van der Waals surface area contributed by atoms with E-state index in [2.05, 4.69) is 22.6 Å². The largest absolute Gasteiger partial charge is 0.315 e. The molecule has 61 valence electrons. The second-order valence-corrected chi connectivity index (χ2v) is 2.66. The van der Waals surface area contributed by atoms with Gasteiger partial charge >= 0.3 is 0 Å². The van der Waals surface area contributed by atoms with Crippen molar-refractivity contribution in [2.75, 3.05) is 6.54 Å². The maximum atomic E-state index is 4.10. The average Bonchev–Trinajstić information content (AvgIpc) is 2.29. The van der Waals surface area contributed by atoms with Crippen molar-refractivity contribution in [1.82, 2.24) is 15.5 Å². The number of nitrogens with one attached hydrogen (secondary N) is 2. The van der Waals surface area contributed by atoms with Crippen LogP contribution in [-0.4, -0.2) is 16.7 Å². The van der Waals surface area contributed by atoms with Gasteiger partial charge in [0.25, 0.3) is 0 Å². The van der Waals surface area contributed by atoms with Gasteiger partial charge in [-0.3, -0.25) is 5.10 Å². The smallest absolute Gasteiger partial charge is 0.0626 e. The topological polar surface area (TPSA) is 40.7 Å². The molecule has 0 aromatic carbocycles. The lowest BCUT2D eigenvalue weighted by atomic mass is 10.1. The Hall–Kier alpha value is -0.830. The van der Waals surface area contributed by atoms with Crippen LogP contribution in [-0.2, 0) is 6.42 Å². The minimum Gasteiger partial charge on any atom is -0.315 e. The maximum Gasteiger partial charge on any atom is 0.0626 e. The number of rotatable bonds is 3. The fraction of sp³-hybridized carbons (Fsp3) is 0.500. The van der Waals surface area contributed by atoms with Gasteiger partial charge in [-0.2, -0.15) is 5.10 Å². The predicted octanol–water partition coefficient (Wildman–Crippen LogP) is 0.950. The zero-order chi connectivity index (χ0) is 8.27. The van der Waals surface area contributed by atoms with Gasteiger partial charge in [0.15, 0.2) is 0 Å². The minimum atomic E-state index is 0.904.